The molecule has 2 aromatic rings. The Hall–Kier alpha value is -1.14. The topological polar surface area (TPSA) is 68.0 Å². The van der Waals surface area contributed by atoms with E-state index in [1.54, 1.807) is 17.5 Å². The van der Waals surface area contributed by atoms with Crippen LogP contribution in [0, 0.1) is 0 Å². The third-order valence-electron chi connectivity index (χ3n) is 2.79. The Morgan fingerprint density at radius 3 is 2.86 bits per heavy atom. The van der Waals surface area contributed by atoms with Crippen molar-refractivity contribution < 1.29 is 4.79 Å². The first kappa shape index (κ1) is 16.2. The number of nitrogens with one attached hydrogen (secondary N) is 1. The van der Waals surface area contributed by atoms with Crippen LogP contribution in [-0.4, -0.2) is 23.5 Å². The monoisotopic (exact) mass is 343 g/mol. The van der Waals surface area contributed by atoms with Crippen molar-refractivity contribution in [2.75, 3.05) is 6.54 Å². The molecule has 0 aliphatic rings. The molecular formula is C14H15Cl2N3OS. The van der Waals surface area contributed by atoms with E-state index in [2.05, 4.69) is 10.3 Å². The number of rotatable bonds is 5. The van der Waals surface area contributed by atoms with E-state index in [0.717, 1.165) is 17.0 Å². The molecule has 1 atom stereocenters. The summed E-state index contributed by atoms with van der Waals surface area (Å²) in [4.78, 5) is 16.3. The summed E-state index contributed by atoms with van der Waals surface area (Å²) >= 11 is 13.3. The highest BCUT2D eigenvalue weighted by molar-refractivity contribution is 7.13. The van der Waals surface area contributed by atoms with E-state index in [0.29, 0.717) is 22.3 Å². The molecule has 0 saturated carbocycles. The Morgan fingerprint density at radius 2 is 2.19 bits per heavy atom. The summed E-state index contributed by atoms with van der Waals surface area (Å²) in [6, 6.07) is 5.33. The van der Waals surface area contributed by atoms with Gasteiger partial charge in [-0.05, 0) is 25.5 Å². The van der Waals surface area contributed by atoms with Crippen LogP contribution in [-0.2, 0) is 0 Å². The maximum absolute atomic E-state index is 11.9. The molecule has 1 amide bonds. The molecule has 112 valence electrons. The second-order valence-electron chi connectivity index (χ2n) is 4.69. The van der Waals surface area contributed by atoms with Gasteiger partial charge >= 0.3 is 0 Å². The van der Waals surface area contributed by atoms with Gasteiger partial charge in [0.1, 0.15) is 10.7 Å². The predicted molar refractivity (Wildman–Crippen MR) is 88.2 cm³/mol. The van der Waals surface area contributed by atoms with E-state index in [1.807, 2.05) is 13.0 Å². The summed E-state index contributed by atoms with van der Waals surface area (Å²) in [5.74, 6) is -0.196. The number of amides is 1. The first-order chi connectivity index (χ1) is 9.97. The minimum absolute atomic E-state index is 0.0625. The van der Waals surface area contributed by atoms with Crippen molar-refractivity contribution in [2.24, 2.45) is 5.73 Å². The van der Waals surface area contributed by atoms with E-state index in [4.69, 9.17) is 28.9 Å². The van der Waals surface area contributed by atoms with Gasteiger partial charge in [0, 0.05) is 23.5 Å². The standard InChI is InChI=1S/C14H15Cl2N3OS/c1-8(17)4-5-18-13(20)12-7-21-14(19-12)9-2-3-10(15)11(16)6-9/h2-3,6-8H,4-5,17H2,1H3,(H,18,20). The highest BCUT2D eigenvalue weighted by atomic mass is 35.5. The Bertz CT molecular complexity index is 643. The number of carbonyl (C=O) groups is 1. The number of hydrogen-bond acceptors (Lipinski definition) is 4. The van der Waals surface area contributed by atoms with E-state index in [9.17, 15) is 4.79 Å². The fourth-order valence-electron chi connectivity index (χ4n) is 1.64. The van der Waals surface area contributed by atoms with Crippen LogP contribution < -0.4 is 11.1 Å². The second kappa shape index (κ2) is 7.22. The molecule has 0 bridgehead atoms. The van der Waals surface area contributed by atoms with Gasteiger partial charge in [-0.3, -0.25) is 4.79 Å². The van der Waals surface area contributed by atoms with Gasteiger partial charge in [0.05, 0.1) is 10.0 Å². The number of nitrogens with zero attached hydrogens (tertiary/aromatic N) is 1. The van der Waals surface area contributed by atoms with Crippen LogP contribution >= 0.6 is 34.5 Å². The maximum Gasteiger partial charge on any atom is 0.270 e. The molecule has 0 fully saturated rings. The second-order valence-corrected chi connectivity index (χ2v) is 6.36. The molecule has 0 radical (unpaired) electrons. The third kappa shape index (κ3) is 4.41. The fraction of sp³-hybridized carbons (Fsp3) is 0.286. The fourth-order valence-corrected chi connectivity index (χ4v) is 2.74. The minimum atomic E-state index is -0.196. The molecule has 4 nitrogen and oxygen atoms in total. The quantitative estimate of drug-likeness (QED) is 0.871. The lowest BCUT2D eigenvalue weighted by Gasteiger charge is -2.05. The molecule has 0 aliphatic heterocycles. The van der Waals surface area contributed by atoms with Gasteiger partial charge in [-0.15, -0.1) is 11.3 Å². The van der Waals surface area contributed by atoms with Crippen LogP contribution in [0.3, 0.4) is 0 Å². The van der Waals surface area contributed by atoms with Crippen molar-refractivity contribution in [3.05, 3.63) is 39.3 Å². The van der Waals surface area contributed by atoms with Crippen molar-refractivity contribution in [2.45, 2.75) is 19.4 Å². The zero-order chi connectivity index (χ0) is 15.4. The summed E-state index contributed by atoms with van der Waals surface area (Å²) in [6.07, 6.45) is 0.732. The minimum Gasteiger partial charge on any atom is -0.351 e. The lowest BCUT2D eigenvalue weighted by molar-refractivity contribution is 0.0948. The zero-order valence-corrected chi connectivity index (χ0v) is 13.7. The SMILES string of the molecule is CC(N)CCNC(=O)c1csc(-c2ccc(Cl)c(Cl)c2)n1. The van der Waals surface area contributed by atoms with E-state index < -0.39 is 0 Å². The van der Waals surface area contributed by atoms with Gasteiger partial charge in [-0.2, -0.15) is 0 Å². The average Bonchev–Trinajstić information content (AvgIpc) is 2.91. The number of carbonyl (C=O) groups excluding carboxylic acids is 1. The zero-order valence-electron chi connectivity index (χ0n) is 11.4. The molecule has 3 N–H and O–H groups in total. The summed E-state index contributed by atoms with van der Waals surface area (Å²) in [5, 5.41) is 6.20. The number of nitrogens with two attached hydrogens (primary N) is 1. The molecular weight excluding hydrogens is 329 g/mol. The highest BCUT2D eigenvalue weighted by Gasteiger charge is 2.12. The summed E-state index contributed by atoms with van der Waals surface area (Å²) in [5.41, 5.74) is 6.87. The molecule has 1 heterocycles. The molecule has 1 aromatic heterocycles. The molecule has 0 aliphatic carbocycles. The first-order valence-corrected chi connectivity index (χ1v) is 8.05. The van der Waals surface area contributed by atoms with Crippen molar-refractivity contribution in [1.82, 2.24) is 10.3 Å². The van der Waals surface area contributed by atoms with Crippen LogP contribution in [0.2, 0.25) is 10.0 Å². The lowest BCUT2D eigenvalue weighted by Crippen LogP contribution is -2.29. The molecule has 7 heteroatoms. The highest BCUT2D eigenvalue weighted by Crippen LogP contribution is 2.30. The van der Waals surface area contributed by atoms with Crippen molar-refractivity contribution >= 4 is 40.4 Å². The molecule has 0 saturated heterocycles. The molecule has 1 unspecified atom stereocenters. The molecule has 2 rings (SSSR count). The number of aromatic nitrogens is 1. The number of hydrogen-bond donors (Lipinski definition) is 2. The maximum atomic E-state index is 11.9. The summed E-state index contributed by atoms with van der Waals surface area (Å²) < 4.78 is 0. The number of thiazole rings is 1. The summed E-state index contributed by atoms with van der Waals surface area (Å²) in [7, 11) is 0. The van der Waals surface area contributed by atoms with Gasteiger partial charge in [0.15, 0.2) is 0 Å². The molecule has 21 heavy (non-hydrogen) atoms. The van der Waals surface area contributed by atoms with Gasteiger partial charge in [0.25, 0.3) is 5.91 Å². The van der Waals surface area contributed by atoms with E-state index in [-0.39, 0.29) is 11.9 Å². The predicted octanol–water partition coefficient (Wildman–Crippen LogP) is 3.58. The van der Waals surface area contributed by atoms with Crippen LogP contribution in [0.1, 0.15) is 23.8 Å². The van der Waals surface area contributed by atoms with Crippen molar-refractivity contribution in [3.63, 3.8) is 0 Å². The number of halogens is 2. The Kier molecular flexibility index (Phi) is 5.58. The lowest BCUT2D eigenvalue weighted by atomic mass is 10.2. The van der Waals surface area contributed by atoms with Crippen LogP contribution in [0.15, 0.2) is 23.6 Å². The largest absolute Gasteiger partial charge is 0.351 e. The van der Waals surface area contributed by atoms with Gasteiger partial charge in [0.2, 0.25) is 0 Å². The van der Waals surface area contributed by atoms with Gasteiger partial charge in [-0.25, -0.2) is 4.98 Å². The van der Waals surface area contributed by atoms with Crippen LogP contribution in [0.25, 0.3) is 10.6 Å². The molecule has 1 aromatic carbocycles. The van der Waals surface area contributed by atoms with Crippen LogP contribution in [0.4, 0.5) is 0 Å². The smallest absolute Gasteiger partial charge is 0.270 e. The van der Waals surface area contributed by atoms with Crippen molar-refractivity contribution in [3.8, 4) is 10.6 Å². The first-order valence-electron chi connectivity index (χ1n) is 6.42. The van der Waals surface area contributed by atoms with Gasteiger partial charge in [-0.1, -0.05) is 29.3 Å². The normalized spacial score (nSPS) is 12.2. The van der Waals surface area contributed by atoms with Gasteiger partial charge < -0.3 is 11.1 Å². The van der Waals surface area contributed by atoms with Crippen LogP contribution in [0.5, 0.6) is 0 Å². The number of benzene rings is 1. The Balaban J connectivity index is 2.07. The summed E-state index contributed by atoms with van der Waals surface area (Å²) in [6.45, 7) is 2.44. The Morgan fingerprint density at radius 1 is 1.43 bits per heavy atom. The Labute approximate surface area is 137 Å². The van der Waals surface area contributed by atoms with Crippen molar-refractivity contribution in [1.29, 1.82) is 0 Å². The third-order valence-corrected chi connectivity index (χ3v) is 4.42. The van der Waals surface area contributed by atoms with E-state index >= 15 is 0 Å². The average molecular weight is 344 g/mol. The van der Waals surface area contributed by atoms with E-state index in [1.165, 1.54) is 11.3 Å². The molecule has 0 spiro atoms.